The third kappa shape index (κ3) is 3.06. The summed E-state index contributed by atoms with van der Waals surface area (Å²) >= 11 is 1.42. The first-order chi connectivity index (χ1) is 10.7. The van der Waals surface area contributed by atoms with E-state index >= 15 is 0 Å². The Hall–Kier alpha value is -1.70. The topological polar surface area (TPSA) is 76.8 Å². The maximum Gasteiger partial charge on any atom is 0.232 e. The monoisotopic (exact) mass is 320 g/mol. The van der Waals surface area contributed by atoms with Gasteiger partial charge in [0.1, 0.15) is 11.4 Å². The maximum absolute atomic E-state index is 12.3. The number of carbonyl (C=O) groups is 1. The summed E-state index contributed by atoms with van der Waals surface area (Å²) in [6, 6.07) is 0. The van der Waals surface area contributed by atoms with Crippen LogP contribution in [-0.4, -0.2) is 54.6 Å². The lowest BCUT2D eigenvalue weighted by Crippen LogP contribution is -2.38. The van der Waals surface area contributed by atoms with Crippen molar-refractivity contribution in [3.63, 3.8) is 0 Å². The molecule has 1 fully saturated rings. The number of piperidine rings is 1. The van der Waals surface area contributed by atoms with Gasteiger partial charge < -0.3 is 4.90 Å². The molecule has 0 radical (unpaired) electrons. The van der Waals surface area contributed by atoms with Gasteiger partial charge in [-0.3, -0.25) is 4.79 Å². The average molecular weight is 320 g/mol. The minimum Gasteiger partial charge on any atom is -0.342 e. The zero-order valence-corrected chi connectivity index (χ0v) is 13.7. The Kier molecular flexibility index (Phi) is 4.56. The summed E-state index contributed by atoms with van der Waals surface area (Å²) in [6.45, 7) is 6.68. The summed E-state index contributed by atoms with van der Waals surface area (Å²) in [5, 5.41) is 8.91. The molecule has 1 saturated heterocycles. The number of hydrogen-bond acceptors (Lipinski definition) is 6. The summed E-state index contributed by atoms with van der Waals surface area (Å²) < 4.78 is 1.73. The quantitative estimate of drug-likeness (QED) is 0.629. The van der Waals surface area contributed by atoms with Crippen LogP contribution in [0.5, 0.6) is 0 Å². The number of amides is 1. The van der Waals surface area contributed by atoms with Crippen LogP contribution >= 0.6 is 11.8 Å². The van der Waals surface area contributed by atoms with E-state index in [0.29, 0.717) is 17.8 Å². The van der Waals surface area contributed by atoms with E-state index in [1.54, 1.807) is 4.68 Å². The van der Waals surface area contributed by atoms with Crippen LogP contribution in [0.2, 0.25) is 0 Å². The Bertz CT molecular complexity index is 664. The van der Waals surface area contributed by atoms with Gasteiger partial charge in [-0.15, -0.1) is 5.10 Å². The van der Waals surface area contributed by atoms with Crippen LogP contribution in [0.4, 0.5) is 0 Å². The van der Waals surface area contributed by atoms with Crippen molar-refractivity contribution in [3.8, 4) is 0 Å². The Morgan fingerprint density at radius 2 is 2.14 bits per heavy atom. The molecule has 3 rings (SSSR count). The smallest absolute Gasteiger partial charge is 0.232 e. The number of aromatic nitrogens is 5. The van der Waals surface area contributed by atoms with Crippen LogP contribution in [-0.2, 0) is 11.3 Å². The predicted octanol–water partition coefficient (Wildman–Crippen LogP) is 1.59. The van der Waals surface area contributed by atoms with Gasteiger partial charge in [0.2, 0.25) is 5.91 Å². The zero-order valence-electron chi connectivity index (χ0n) is 12.9. The van der Waals surface area contributed by atoms with Crippen LogP contribution < -0.4 is 0 Å². The number of nitrogens with zero attached hydrogens (tertiary/aromatic N) is 6. The van der Waals surface area contributed by atoms with Crippen molar-refractivity contribution in [1.29, 1.82) is 0 Å². The van der Waals surface area contributed by atoms with Gasteiger partial charge >= 0.3 is 0 Å². The Morgan fingerprint density at radius 3 is 2.86 bits per heavy atom. The zero-order chi connectivity index (χ0) is 15.5. The van der Waals surface area contributed by atoms with E-state index in [2.05, 4.69) is 27.2 Å². The molecule has 1 aliphatic rings. The second kappa shape index (κ2) is 6.60. The summed E-state index contributed by atoms with van der Waals surface area (Å²) in [7, 11) is 0. The summed E-state index contributed by atoms with van der Waals surface area (Å²) in [5.41, 5.74) is 1.40. The summed E-state index contributed by atoms with van der Waals surface area (Å²) in [6.07, 6.45) is 3.70. The molecule has 22 heavy (non-hydrogen) atoms. The minimum atomic E-state index is 0.173. The molecule has 0 aromatic carbocycles. The highest BCUT2D eigenvalue weighted by atomic mass is 32.2. The summed E-state index contributed by atoms with van der Waals surface area (Å²) in [4.78, 5) is 22.7. The molecule has 0 unspecified atom stereocenters. The second-order valence-corrected chi connectivity index (χ2v) is 6.57. The van der Waals surface area contributed by atoms with Crippen molar-refractivity contribution in [2.24, 2.45) is 5.92 Å². The Morgan fingerprint density at radius 1 is 1.36 bits per heavy atom. The Balaban J connectivity index is 1.66. The standard InChI is InChI=1S/C14H20N6OS/c1-3-20-13-12(17-18-20)14(16-9-15-13)22-8-11(21)19-6-4-10(2)5-7-19/h9-10H,3-8H2,1-2H3. The molecule has 1 aliphatic heterocycles. The van der Waals surface area contributed by atoms with Gasteiger partial charge in [0.15, 0.2) is 11.2 Å². The van der Waals surface area contributed by atoms with Crippen molar-refractivity contribution >= 4 is 28.8 Å². The first kappa shape index (κ1) is 15.2. The number of aryl methyl sites for hydroxylation is 1. The molecule has 2 aromatic rings. The van der Waals surface area contributed by atoms with E-state index in [-0.39, 0.29) is 5.91 Å². The lowest BCUT2D eigenvalue weighted by Gasteiger charge is -2.30. The fourth-order valence-electron chi connectivity index (χ4n) is 2.57. The van der Waals surface area contributed by atoms with Crippen LogP contribution in [0.15, 0.2) is 11.4 Å². The molecule has 2 aromatic heterocycles. The fourth-order valence-corrected chi connectivity index (χ4v) is 3.40. The number of rotatable bonds is 4. The molecule has 8 heteroatoms. The SMILES string of the molecule is CCn1nnc2c(SCC(=O)N3CCC(C)CC3)ncnc21. The predicted molar refractivity (Wildman–Crippen MR) is 84.5 cm³/mol. The van der Waals surface area contributed by atoms with E-state index in [0.717, 1.165) is 42.5 Å². The van der Waals surface area contributed by atoms with Crippen LogP contribution in [0, 0.1) is 5.92 Å². The second-order valence-electron chi connectivity index (χ2n) is 5.61. The number of carbonyl (C=O) groups excluding carboxylic acids is 1. The fraction of sp³-hybridized carbons (Fsp3) is 0.643. The van der Waals surface area contributed by atoms with Crippen molar-refractivity contribution in [2.75, 3.05) is 18.8 Å². The van der Waals surface area contributed by atoms with E-state index in [1.165, 1.54) is 18.1 Å². The molecule has 0 bridgehead atoms. The third-order valence-corrected chi connectivity index (χ3v) is 5.00. The van der Waals surface area contributed by atoms with Crippen LogP contribution in [0.1, 0.15) is 26.7 Å². The molecular weight excluding hydrogens is 300 g/mol. The molecule has 0 atom stereocenters. The lowest BCUT2D eigenvalue weighted by atomic mass is 9.99. The number of likely N-dealkylation sites (tertiary alicyclic amines) is 1. The third-order valence-electron chi connectivity index (χ3n) is 4.03. The van der Waals surface area contributed by atoms with E-state index in [1.807, 2.05) is 11.8 Å². The van der Waals surface area contributed by atoms with Gasteiger partial charge in [-0.05, 0) is 25.7 Å². The first-order valence-electron chi connectivity index (χ1n) is 7.63. The van der Waals surface area contributed by atoms with Crippen molar-refractivity contribution in [2.45, 2.75) is 38.3 Å². The van der Waals surface area contributed by atoms with Gasteiger partial charge in [-0.1, -0.05) is 23.9 Å². The van der Waals surface area contributed by atoms with Crippen LogP contribution in [0.25, 0.3) is 11.2 Å². The van der Waals surface area contributed by atoms with E-state index < -0.39 is 0 Å². The highest BCUT2D eigenvalue weighted by Crippen LogP contribution is 2.23. The number of fused-ring (bicyclic) bond motifs is 1. The van der Waals surface area contributed by atoms with Gasteiger partial charge in [-0.2, -0.15) is 0 Å². The highest BCUT2D eigenvalue weighted by Gasteiger charge is 2.21. The molecule has 0 spiro atoms. The first-order valence-corrected chi connectivity index (χ1v) is 8.62. The normalized spacial score (nSPS) is 16.4. The van der Waals surface area contributed by atoms with Gasteiger partial charge in [0.25, 0.3) is 0 Å². The molecule has 0 saturated carbocycles. The highest BCUT2D eigenvalue weighted by molar-refractivity contribution is 8.00. The van der Waals surface area contributed by atoms with Crippen LogP contribution in [0.3, 0.4) is 0 Å². The van der Waals surface area contributed by atoms with Gasteiger partial charge in [-0.25, -0.2) is 14.6 Å². The molecule has 3 heterocycles. The largest absolute Gasteiger partial charge is 0.342 e. The molecule has 118 valence electrons. The number of thioether (sulfide) groups is 1. The number of hydrogen-bond donors (Lipinski definition) is 0. The maximum atomic E-state index is 12.3. The average Bonchev–Trinajstić information content (AvgIpc) is 2.97. The molecule has 7 nitrogen and oxygen atoms in total. The molecule has 0 N–H and O–H groups in total. The van der Waals surface area contributed by atoms with Crippen molar-refractivity contribution < 1.29 is 4.79 Å². The van der Waals surface area contributed by atoms with Gasteiger partial charge in [0.05, 0.1) is 5.75 Å². The molecule has 0 aliphatic carbocycles. The van der Waals surface area contributed by atoms with Crippen molar-refractivity contribution in [1.82, 2.24) is 29.9 Å². The lowest BCUT2D eigenvalue weighted by molar-refractivity contribution is -0.129. The minimum absolute atomic E-state index is 0.173. The molecular formula is C14H20N6OS. The van der Waals surface area contributed by atoms with E-state index in [9.17, 15) is 4.79 Å². The Labute approximate surface area is 133 Å². The van der Waals surface area contributed by atoms with Gasteiger partial charge in [0, 0.05) is 19.6 Å². The molecule has 1 amide bonds. The van der Waals surface area contributed by atoms with E-state index in [4.69, 9.17) is 0 Å². The van der Waals surface area contributed by atoms with Crippen molar-refractivity contribution in [3.05, 3.63) is 6.33 Å². The summed E-state index contributed by atoms with van der Waals surface area (Å²) in [5.74, 6) is 1.29.